The van der Waals surface area contributed by atoms with Crippen LogP contribution in [0.4, 0.5) is 0 Å². The lowest BCUT2D eigenvalue weighted by Crippen LogP contribution is -2.10. The predicted molar refractivity (Wildman–Crippen MR) is 143 cm³/mol. The summed E-state index contributed by atoms with van der Waals surface area (Å²) >= 11 is 0. The Morgan fingerprint density at radius 1 is 0.730 bits per heavy atom. The largest absolute Gasteiger partial charge is 0.463 e. The topological polar surface area (TPSA) is 71.1 Å². The Labute approximate surface area is 218 Å². The van der Waals surface area contributed by atoms with Gasteiger partial charge in [0, 0.05) is 34.4 Å². The van der Waals surface area contributed by atoms with Gasteiger partial charge in [0.1, 0.15) is 11.5 Å². The minimum Gasteiger partial charge on any atom is -0.463 e. The molecule has 1 aliphatic heterocycles. The van der Waals surface area contributed by atoms with Crippen molar-refractivity contribution in [3.05, 3.63) is 57.7 Å². The van der Waals surface area contributed by atoms with Crippen molar-refractivity contribution in [2.24, 2.45) is 0 Å². The molecule has 37 heavy (non-hydrogen) atoms. The van der Waals surface area contributed by atoms with E-state index in [9.17, 15) is 9.59 Å². The lowest BCUT2D eigenvalue weighted by Gasteiger charge is -2.27. The van der Waals surface area contributed by atoms with Gasteiger partial charge in [0.2, 0.25) is 6.79 Å². The van der Waals surface area contributed by atoms with Crippen LogP contribution in [-0.2, 0) is 44.7 Å². The van der Waals surface area contributed by atoms with E-state index in [0.29, 0.717) is 13.2 Å². The maximum absolute atomic E-state index is 12.1. The Morgan fingerprint density at radius 2 is 1.16 bits per heavy atom. The first-order valence-corrected chi connectivity index (χ1v) is 13.4. The second-order valence-electron chi connectivity index (χ2n) is 9.61. The Morgan fingerprint density at radius 3 is 1.59 bits per heavy atom. The molecular formula is C31H34O6. The SMILES string of the molecule is CCOC(=O)/C=C\c1cc2c(c3c1OCOc1c(/C=C\C(=O)OCC)cc4c(c1-3)CCCC4)CCCC2. The number of ether oxygens (including phenoxy) is 4. The van der Waals surface area contributed by atoms with Gasteiger partial charge in [-0.05, 0) is 112 Å². The van der Waals surface area contributed by atoms with Crippen LogP contribution in [0.2, 0.25) is 0 Å². The molecular weight excluding hydrogens is 468 g/mol. The van der Waals surface area contributed by atoms with Crippen LogP contribution in [0.3, 0.4) is 0 Å². The van der Waals surface area contributed by atoms with Crippen LogP contribution in [0, 0.1) is 0 Å². The van der Waals surface area contributed by atoms with Gasteiger partial charge in [0.25, 0.3) is 0 Å². The van der Waals surface area contributed by atoms with Gasteiger partial charge in [-0.2, -0.15) is 0 Å². The Kier molecular flexibility index (Phi) is 7.63. The van der Waals surface area contributed by atoms with Crippen LogP contribution < -0.4 is 9.47 Å². The standard InChI is InChI=1S/C31H34O6/c1-3-34-26(32)15-13-22-17-20-9-5-7-11-24(20)28-29-25-12-8-6-10-21(25)18-23(14-16-27(33)35-4-2)31(29)37-19-36-30(22)28/h13-18H,3-12,19H2,1-2H3/b15-13-,16-14-. The molecule has 0 spiro atoms. The molecule has 0 saturated carbocycles. The van der Waals surface area contributed by atoms with Crippen molar-refractivity contribution in [2.45, 2.75) is 65.2 Å². The zero-order valence-electron chi connectivity index (χ0n) is 21.7. The first kappa shape index (κ1) is 25.1. The number of hydrogen-bond acceptors (Lipinski definition) is 6. The van der Waals surface area contributed by atoms with Crippen molar-refractivity contribution in [2.75, 3.05) is 20.0 Å². The number of esters is 2. The summed E-state index contributed by atoms with van der Waals surface area (Å²) in [5.41, 5.74) is 9.08. The Hall–Kier alpha value is -3.54. The minimum absolute atomic E-state index is 0.0397. The van der Waals surface area contributed by atoms with Crippen LogP contribution in [0.5, 0.6) is 11.5 Å². The number of aryl methyl sites for hydroxylation is 2. The van der Waals surface area contributed by atoms with Crippen molar-refractivity contribution in [3.63, 3.8) is 0 Å². The summed E-state index contributed by atoms with van der Waals surface area (Å²) in [5, 5.41) is 0. The second-order valence-corrected chi connectivity index (χ2v) is 9.61. The van der Waals surface area contributed by atoms with E-state index in [1.165, 1.54) is 34.4 Å². The Balaban J connectivity index is 1.74. The van der Waals surface area contributed by atoms with E-state index < -0.39 is 0 Å². The molecule has 3 aliphatic rings. The van der Waals surface area contributed by atoms with Gasteiger partial charge in [-0.15, -0.1) is 0 Å². The van der Waals surface area contributed by atoms with E-state index in [1.54, 1.807) is 26.0 Å². The number of rotatable bonds is 6. The van der Waals surface area contributed by atoms with Crippen LogP contribution in [0.25, 0.3) is 23.3 Å². The first-order valence-electron chi connectivity index (χ1n) is 13.4. The molecule has 5 rings (SSSR count). The van der Waals surface area contributed by atoms with Gasteiger partial charge < -0.3 is 18.9 Å². The highest BCUT2D eigenvalue weighted by Gasteiger charge is 2.31. The van der Waals surface area contributed by atoms with Gasteiger partial charge in [0.05, 0.1) is 13.2 Å². The number of fused-ring (bicyclic) bond motifs is 7. The smallest absolute Gasteiger partial charge is 0.330 e. The predicted octanol–water partition coefficient (Wildman–Crippen LogP) is 5.99. The average molecular weight is 503 g/mol. The fourth-order valence-electron chi connectivity index (χ4n) is 5.75. The summed E-state index contributed by atoms with van der Waals surface area (Å²) in [6.07, 6.45) is 15.0. The Bertz CT molecular complexity index is 1170. The summed E-state index contributed by atoms with van der Waals surface area (Å²) in [5.74, 6) is 0.754. The molecule has 1 heterocycles. The molecule has 0 atom stereocenters. The number of carbonyl (C=O) groups is 2. The van der Waals surface area contributed by atoms with Crippen LogP contribution in [-0.4, -0.2) is 31.9 Å². The van der Waals surface area contributed by atoms with Crippen molar-refractivity contribution >= 4 is 24.1 Å². The molecule has 0 amide bonds. The summed E-state index contributed by atoms with van der Waals surface area (Å²) in [6, 6.07) is 4.32. The van der Waals surface area contributed by atoms with Crippen LogP contribution in [0.15, 0.2) is 24.3 Å². The van der Waals surface area contributed by atoms with Gasteiger partial charge >= 0.3 is 11.9 Å². The fourth-order valence-corrected chi connectivity index (χ4v) is 5.75. The van der Waals surface area contributed by atoms with E-state index >= 15 is 0 Å². The molecule has 0 aromatic heterocycles. The summed E-state index contributed by atoms with van der Waals surface area (Å²) < 4.78 is 22.8. The van der Waals surface area contributed by atoms with Crippen LogP contribution >= 0.6 is 0 Å². The normalized spacial score (nSPS) is 16.1. The van der Waals surface area contributed by atoms with E-state index in [1.807, 2.05) is 0 Å². The van der Waals surface area contributed by atoms with Crippen LogP contribution in [0.1, 0.15) is 72.9 Å². The molecule has 2 aromatic rings. The van der Waals surface area contributed by atoms with E-state index in [4.69, 9.17) is 18.9 Å². The molecule has 6 nitrogen and oxygen atoms in total. The first-order chi connectivity index (χ1) is 18.1. The molecule has 6 heteroatoms. The molecule has 0 radical (unpaired) electrons. The highest BCUT2D eigenvalue weighted by Crippen LogP contribution is 2.51. The van der Waals surface area contributed by atoms with Crippen molar-refractivity contribution in [3.8, 4) is 22.6 Å². The molecule has 2 aromatic carbocycles. The second kappa shape index (κ2) is 11.2. The third-order valence-corrected chi connectivity index (χ3v) is 7.29. The third kappa shape index (κ3) is 5.15. The lowest BCUT2D eigenvalue weighted by atomic mass is 9.78. The summed E-state index contributed by atoms with van der Waals surface area (Å²) in [6.45, 7) is 4.29. The van der Waals surface area contributed by atoms with Crippen molar-refractivity contribution < 1.29 is 28.5 Å². The zero-order chi connectivity index (χ0) is 25.8. The maximum Gasteiger partial charge on any atom is 0.330 e. The number of carbonyl (C=O) groups excluding carboxylic acids is 2. The molecule has 0 unspecified atom stereocenters. The van der Waals surface area contributed by atoms with Gasteiger partial charge in [-0.3, -0.25) is 0 Å². The average Bonchev–Trinajstić information content (AvgIpc) is 3.12. The lowest BCUT2D eigenvalue weighted by molar-refractivity contribution is -0.138. The maximum atomic E-state index is 12.1. The van der Waals surface area contributed by atoms with Gasteiger partial charge in [-0.1, -0.05) is 0 Å². The molecule has 0 N–H and O–H groups in total. The number of hydrogen-bond donors (Lipinski definition) is 0. The molecule has 0 fully saturated rings. The number of benzene rings is 2. The van der Waals surface area contributed by atoms with E-state index in [2.05, 4.69) is 12.1 Å². The molecule has 194 valence electrons. The van der Waals surface area contributed by atoms with E-state index in [-0.39, 0.29) is 18.7 Å². The summed E-state index contributed by atoms with van der Waals surface area (Å²) in [4.78, 5) is 24.3. The van der Waals surface area contributed by atoms with Crippen molar-refractivity contribution in [1.29, 1.82) is 0 Å². The zero-order valence-corrected chi connectivity index (χ0v) is 21.7. The quantitative estimate of drug-likeness (QED) is 0.357. The monoisotopic (exact) mass is 502 g/mol. The highest BCUT2D eigenvalue weighted by atomic mass is 16.7. The third-order valence-electron chi connectivity index (χ3n) is 7.29. The summed E-state index contributed by atoms with van der Waals surface area (Å²) in [7, 11) is 0. The van der Waals surface area contributed by atoms with E-state index in [0.717, 1.165) is 85.1 Å². The van der Waals surface area contributed by atoms with Gasteiger partial charge in [0.15, 0.2) is 0 Å². The van der Waals surface area contributed by atoms with Gasteiger partial charge in [-0.25, -0.2) is 9.59 Å². The highest BCUT2D eigenvalue weighted by molar-refractivity contribution is 5.94. The minimum atomic E-state index is -0.372. The molecule has 0 bridgehead atoms. The fraction of sp³-hybridized carbons (Fsp3) is 0.419. The molecule has 0 saturated heterocycles. The van der Waals surface area contributed by atoms with Crippen molar-refractivity contribution in [1.82, 2.24) is 0 Å². The molecule has 2 aliphatic carbocycles.